The zero-order chi connectivity index (χ0) is 17.3. The van der Waals surface area contributed by atoms with Crippen molar-refractivity contribution in [3.8, 4) is 0 Å². The maximum absolute atomic E-state index is 12.4. The summed E-state index contributed by atoms with van der Waals surface area (Å²) in [5, 5.41) is 5.99. The van der Waals surface area contributed by atoms with Crippen LogP contribution in [0.1, 0.15) is 34.1 Å². The van der Waals surface area contributed by atoms with Gasteiger partial charge in [0.1, 0.15) is 4.90 Å². The summed E-state index contributed by atoms with van der Waals surface area (Å²) in [7, 11) is -3.85. The molecule has 0 bridgehead atoms. The number of halogens is 1. The van der Waals surface area contributed by atoms with Gasteiger partial charge >= 0.3 is 0 Å². The molecule has 25 heavy (non-hydrogen) atoms. The highest BCUT2D eigenvalue weighted by atomic mass is 35.5. The van der Waals surface area contributed by atoms with Gasteiger partial charge in [-0.2, -0.15) is 0 Å². The van der Waals surface area contributed by atoms with E-state index in [1.54, 1.807) is 6.92 Å². The number of carbonyl (C=O) groups is 2. The van der Waals surface area contributed by atoms with E-state index in [1.165, 1.54) is 18.2 Å². The molecule has 2 aliphatic heterocycles. The molecule has 7 nitrogen and oxygen atoms in total. The molecule has 0 fully saturated rings. The lowest BCUT2D eigenvalue weighted by Gasteiger charge is -2.14. The fraction of sp³-hybridized carbons (Fsp3) is 0.375. The van der Waals surface area contributed by atoms with Gasteiger partial charge in [-0.1, -0.05) is 11.6 Å². The molecule has 0 aliphatic carbocycles. The van der Waals surface area contributed by atoms with Crippen molar-refractivity contribution in [3.63, 3.8) is 0 Å². The van der Waals surface area contributed by atoms with Crippen molar-refractivity contribution in [1.29, 1.82) is 0 Å². The third kappa shape index (κ3) is 3.56. The molecule has 0 radical (unpaired) electrons. The van der Waals surface area contributed by atoms with Gasteiger partial charge in [0.05, 0.1) is 5.56 Å². The van der Waals surface area contributed by atoms with Gasteiger partial charge in [0, 0.05) is 25.2 Å². The minimum absolute atomic E-state index is 0. The Labute approximate surface area is 152 Å². The second kappa shape index (κ2) is 7.55. The normalized spacial score (nSPS) is 18.2. The second-order valence-corrected chi connectivity index (χ2v) is 7.52. The SMILES string of the molecule is CCN1C(=O)c2ccc(C(=O)NCC3=CCNCC3)cc2S1(=O)=O.Cl. The van der Waals surface area contributed by atoms with E-state index in [9.17, 15) is 18.0 Å². The molecule has 136 valence electrons. The van der Waals surface area contributed by atoms with E-state index in [4.69, 9.17) is 0 Å². The molecule has 2 heterocycles. The molecule has 2 amide bonds. The average Bonchev–Trinajstić information content (AvgIpc) is 2.79. The maximum Gasteiger partial charge on any atom is 0.268 e. The Bertz CT molecular complexity index is 836. The number of hydrogen-bond donors (Lipinski definition) is 2. The summed E-state index contributed by atoms with van der Waals surface area (Å²) in [6.45, 7) is 3.77. The van der Waals surface area contributed by atoms with Gasteiger partial charge < -0.3 is 10.6 Å². The zero-order valence-corrected chi connectivity index (χ0v) is 15.4. The van der Waals surface area contributed by atoms with Crippen molar-refractivity contribution in [1.82, 2.24) is 14.9 Å². The summed E-state index contributed by atoms with van der Waals surface area (Å²) < 4.78 is 25.5. The van der Waals surface area contributed by atoms with Crippen LogP contribution in [0.25, 0.3) is 0 Å². The first-order valence-corrected chi connectivity index (χ1v) is 9.27. The van der Waals surface area contributed by atoms with Crippen molar-refractivity contribution < 1.29 is 18.0 Å². The number of amides is 2. The molecule has 0 saturated carbocycles. The Morgan fingerprint density at radius 3 is 2.76 bits per heavy atom. The molecular weight excluding hydrogens is 366 g/mol. The third-order valence-corrected chi connectivity index (χ3v) is 6.09. The van der Waals surface area contributed by atoms with Gasteiger partial charge in [-0.15, -0.1) is 12.4 Å². The van der Waals surface area contributed by atoms with Gasteiger partial charge in [0.25, 0.3) is 21.8 Å². The van der Waals surface area contributed by atoms with Gasteiger partial charge in [-0.05, 0) is 38.1 Å². The number of sulfonamides is 1. The largest absolute Gasteiger partial charge is 0.348 e. The molecule has 0 atom stereocenters. The highest BCUT2D eigenvalue weighted by Crippen LogP contribution is 2.30. The van der Waals surface area contributed by atoms with Crippen LogP contribution in [0.5, 0.6) is 0 Å². The number of fused-ring (bicyclic) bond motifs is 1. The predicted octanol–water partition coefficient (Wildman–Crippen LogP) is 0.922. The van der Waals surface area contributed by atoms with Crippen molar-refractivity contribution in [2.24, 2.45) is 0 Å². The first-order valence-electron chi connectivity index (χ1n) is 7.83. The van der Waals surface area contributed by atoms with Crippen LogP contribution in [-0.4, -0.2) is 50.7 Å². The highest BCUT2D eigenvalue weighted by Gasteiger charge is 2.40. The Balaban J connectivity index is 0.00000225. The lowest BCUT2D eigenvalue weighted by Crippen LogP contribution is -2.30. The first-order chi connectivity index (χ1) is 11.4. The average molecular weight is 386 g/mol. The summed E-state index contributed by atoms with van der Waals surface area (Å²) in [5.41, 5.74) is 1.50. The molecule has 0 spiro atoms. The van der Waals surface area contributed by atoms with Crippen LogP contribution in [0.3, 0.4) is 0 Å². The number of carbonyl (C=O) groups excluding carboxylic acids is 2. The summed E-state index contributed by atoms with van der Waals surface area (Å²) in [4.78, 5) is 24.3. The fourth-order valence-electron chi connectivity index (χ4n) is 2.86. The van der Waals surface area contributed by atoms with Gasteiger partial charge in [-0.25, -0.2) is 12.7 Å². The molecular formula is C16H20ClN3O4S. The zero-order valence-electron chi connectivity index (χ0n) is 13.7. The van der Waals surface area contributed by atoms with E-state index in [1.807, 2.05) is 6.08 Å². The lowest BCUT2D eigenvalue weighted by atomic mass is 10.1. The highest BCUT2D eigenvalue weighted by molar-refractivity contribution is 7.90. The number of nitrogens with zero attached hydrogens (tertiary/aromatic N) is 1. The number of nitrogens with one attached hydrogen (secondary N) is 2. The summed E-state index contributed by atoms with van der Waals surface area (Å²) in [5.74, 6) is -0.894. The number of benzene rings is 1. The first kappa shape index (κ1) is 19.4. The molecule has 2 aliphatic rings. The van der Waals surface area contributed by atoms with Crippen molar-refractivity contribution in [2.75, 3.05) is 26.2 Å². The van der Waals surface area contributed by atoms with Crippen molar-refractivity contribution in [3.05, 3.63) is 41.0 Å². The van der Waals surface area contributed by atoms with Crippen molar-refractivity contribution >= 4 is 34.2 Å². The summed E-state index contributed by atoms with van der Waals surface area (Å²) in [6, 6.07) is 4.17. The smallest absolute Gasteiger partial charge is 0.268 e. The molecule has 1 aromatic carbocycles. The minimum atomic E-state index is -3.85. The van der Waals surface area contributed by atoms with E-state index >= 15 is 0 Å². The molecule has 9 heteroatoms. The molecule has 3 rings (SSSR count). The van der Waals surface area contributed by atoms with E-state index in [0.29, 0.717) is 6.54 Å². The van der Waals surface area contributed by atoms with Crippen LogP contribution in [-0.2, 0) is 10.0 Å². The Morgan fingerprint density at radius 2 is 2.12 bits per heavy atom. The van der Waals surface area contributed by atoms with Crippen LogP contribution in [0.4, 0.5) is 0 Å². The standard InChI is InChI=1S/C16H19N3O4S.ClH/c1-2-19-16(21)13-4-3-12(9-14(13)24(19,22)23)15(20)18-10-11-5-7-17-8-6-11;/h3-5,9,17H,2,6-8,10H2,1H3,(H,18,20);1H. The topological polar surface area (TPSA) is 95.6 Å². The molecule has 0 saturated heterocycles. The molecule has 1 aromatic rings. The monoisotopic (exact) mass is 385 g/mol. The van der Waals surface area contributed by atoms with E-state index in [0.717, 1.165) is 29.4 Å². The Hall–Kier alpha value is -1.90. The van der Waals surface area contributed by atoms with Gasteiger partial charge in [0.2, 0.25) is 0 Å². The quantitative estimate of drug-likeness (QED) is 0.751. The van der Waals surface area contributed by atoms with E-state index in [2.05, 4.69) is 10.6 Å². The molecule has 0 aromatic heterocycles. The van der Waals surface area contributed by atoms with Crippen LogP contribution in [0.2, 0.25) is 0 Å². The fourth-order valence-corrected chi connectivity index (χ4v) is 4.46. The second-order valence-electron chi connectivity index (χ2n) is 5.69. The van der Waals surface area contributed by atoms with Crippen LogP contribution < -0.4 is 10.6 Å². The lowest BCUT2D eigenvalue weighted by molar-refractivity contribution is 0.0874. The summed E-state index contributed by atoms with van der Waals surface area (Å²) in [6.07, 6.45) is 2.91. The molecule has 0 unspecified atom stereocenters. The minimum Gasteiger partial charge on any atom is -0.348 e. The van der Waals surface area contributed by atoms with Gasteiger partial charge in [-0.3, -0.25) is 9.59 Å². The summed E-state index contributed by atoms with van der Waals surface area (Å²) >= 11 is 0. The van der Waals surface area contributed by atoms with Crippen LogP contribution >= 0.6 is 12.4 Å². The Morgan fingerprint density at radius 1 is 1.36 bits per heavy atom. The Kier molecular flexibility index (Phi) is 5.87. The molecule has 2 N–H and O–H groups in total. The van der Waals surface area contributed by atoms with Crippen molar-refractivity contribution in [2.45, 2.75) is 18.2 Å². The number of hydrogen-bond acceptors (Lipinski definition) is 5. The van der Waals surface area contributed by atoms with Crippen LogP contribution in [0.15, 0.2) is 34.7 Å². The van der Waals surface area contributed by atoms with E-state index in [-0.39, 0.29) is 40.9 Å². The van der Waals surface area contributed by atoms with E-state index < -0.39 is 15.9 Å². The third-order valence-electron chi connectivity index (χ3n) is 4.19. The maximum atomic E-state index is 12.4. The number of rotatable bonds is 4. The van der Waals surface area contributed by atoms with Gasteiger partial charge in [0.15, 0.2) is 0 Å². The van der Waals surface area contributed by atoms with Crippen LogP contribution in [0, 0.1) is 0 Å². The predicted molar refractivity (Wildman–Crippen MR) is 95.5 cm³/mol.